The van der Waals surface area contributed by atoms with Crippen LogP contribution in [0.25, 0.3) is 0 Å². The predicted molar refractivity (Wildman–Crippen MR) is 69.1 cm³/mol. The Morgan fingerprint density at radius 1 is 1.17 bits per heavy atom. The lowest BCUT2D eigenvalue weighted by atomic mass is 9.87. The fraction of sp³-hybridized carbons (Fsp3) is 0.429. The molecule has 1 fully saturated rings. The summed E-state index contributed by atoms with van der Waals surface area (Å²) in [7, 11) is 0. The molecule has 0 aliphatic carbocycles. The van der Waals surface area contributed by atoms with Crippen LogP contribution in [0, 0.1) is 0 Å². The van der Waals surface area contributed by atoms with Crippen molar-refractivity contribution in [3.05, 3.63) is 35.4 Å². The van der Waals surface area contributed by atoms with E-state index in [4.69, 9.17) is 0 Å². The van der Waals surface area contributed by atoms with Crippen LogP contribution in [-0.4, -0.2) is 23.4 Å². The second-order valence-electron chi connectivity index (χ2n) is 5.66. The van der Waals surface area contributed by atoms with Gasteiger partial charge in [-0.3, -0.25) is 10.1 Å². The van der Waals surface area contributed by atoms with Gasteiger partial charge in [0.25, 0.3) is 0 Å². The van der Waals surface area contributed by atoms with Crippen LogP contribution in [-0.2, 0) is 16.8 Å². The first kappa shape index (κ1) is 12.6. The van der Waals surface area contributed by atoms with Gasteiger partial charge >= 0.3 is 6.03 Å². The Bertz CT molecular complexity index is 472. The van der Waals surface area contributed by atoms with Gasteiger partial charge in [0.1, 0.15) is 6.54 Å². The fourth-order valence-electron chi connectivity index (χ4n) is 1.94. The smallest absolute Gasteiger partial charge is 0.311 e. The molecule has 18 heavy (non-hydrogen) atoms. The minimum absolute atomic E-state index is 0.125. The Morgan fingerprint density at radius 3 is 2.22 bits per heavy atom. The van der Waals surface area contributed by atoms with E-state index in [1.54, 1.807) is 0 Å². The van der Waals surface area contributed by atoms with Crippen LogP contribution in [0.15, 0.2) is 24.3 Å². The molecule has 0 atom stereocenters. The molecule has 0 aromatic heterocycles. The highest BCUT2D eigenvalue weighted by Crippen LogP contribution is 2.22. The van der Waals surface area contributed by atoms with E-state index in [1.165, 1.54) is 10.5 Å². The van der Waals surface area contributed by atoms with Gasteiger partial charge in [0.2, 0.25) is 5.91 Å². The molecule has 2 rings (SSSR count). The van der Waals surface area contributed by atoms with Gasteiger partial charge < -0.3 is 4.90 Å². The zero-order valence-electron chi connectivity index (χ0n) is 11.0. The summed E-state index contributed by atoms with van der Waals surface area (Å²) in [6, 6.07) is 7.86. The first-order chi connectivity index (χ1) is 8.36. The first-order valence-electron chi connectivity index (χ1n) is 6.04. The summed E-state index contributed by atoms with van der Waals surface area (Å²) in [6.45, 7) is 7.11. The second kappa shape index (κ2) is 4.44. The van der Waals surface area contributed by atoms with Gasteiger partial charge in [0, 0.05) is 6.54 Å². The van der Waals surface area contributed by atoms with Crippen LogP contribution in [0.2, 0.25) is 0 Å². The van der Waals surface area contributed by atoms with E-state index < -0.39 is 0 Å². The molecular weight excluding hydrogens is 228 g/mol. The molecule has 0 bridgehead atoms. The Balaban J connectivity index is 2.07. The lowest BCUT2D eigenvalue weighted by Crippen LogP contribution is -2.27. The summed E-state index contributed by atoms with van der Waals surface area (Å²) in [6.07, 6.45) is 0. The van der Waals surface area contributed by atoms with Crippen LogP contribution in [0.4, 0.5) is 4.79 Å². The number of hydrogen-bond donors (Lipinski definition) is 1. The average molecular weight is 246 g/mol. The van der Waals surface area contributed by atoms with Crippen LogP contribution in [0.5, 0.6) is 0 Å². The van der Waals surface area contributed by atoms with Crippen molar-refractivity contribution in [3.63, 3.8) is 0 Å². The number of hydrogen-bond acceptors (Lipinski definition) is 2. The van der Waals surface area contributed by atoms with Crippen molar-refractivity contribution in [2.45, 2.75) is 32.7 Å². The summed E-state index contributed by atoms with van der Waals surface area (Å²) >= 11 is 0. The molecule has 0 spiro atoms. The summed E-state index contributed by atoms with van der Waals surface area (Å²) in [4.78, 5) is 24.0. The number of amides is 3. The Hall–Kier alpha value is -1.84. The number of nitrogens with one attached hydrogen (secondary N) is 1. The SMILES string of the molecule is CC(C)(C)c1ccc(CN2CC(=O)NC2=O)cc1. The molecule has 0 saturated carbocycles. The van der Waals surface area contributed by atoms with Gasteiger partial charge in [0.15, 0.2) is 0 Å². The van der Waals surface area contributed by atoms with E-state index in [0.29, 0.717) is 6.54 Å². The average Bonchev–Trinajstić information content (AvgIpc) is 2.57. The summed E-state index contributed by atoms with van der Waals surface area (Å²) in [5.41, 5.74) is 2.42. The zero-order valence-corrected chi connectivity index (χ0v) is 11.0. The summed E-state index contributed by atoms with van der Waals surface area (Å²) in [5.74, 6) is -0.230. The number of rotatable bonds is 2. The van der Waals surface area contributed by atoms with Crippen LogP contribution in [0.1, 0.15) is 31.9 Å². The molecule has 1 aromatic carbocycles. The largest absolute Gasteiger partial charge is 0.324 e. The second-order valence-corrected chi connectivity index (χ2v) is 5.66. The van der Waals surface area contributed by atoms with Crippen molar-refractivity contribution in [1.29, 1.82) is 0 Å². The summed E-state index contributed by atoms with van der Waals surface area (Å²) < 4.78 is 0. The van der Waals surface area contributed by atoms with Crippen LogP contribution in [0.3, 0.4) is 0 Å². The highest BCUT2D eigenvalue weighted by atomic mass is 16.2. The lowest BCUT2D eigenvalue weighted by Gasteiger charge is -2.20. The molecule has 1 aliphatic heterocycles. The number of carbonyl (C=O) groups excluding carboxylic acids is 2. The van der Waals surface area contributed by atoms with E-state index >= 15 is 0 Å². The van der Waals surface area contributed by atoms with Crippen LogP contribution >= 0.6 is 0 Å². The third-order valence-corrected chi connectivity index (χ3v) is 3.06. The first-order valence-corrected chi connectivity index (χ1v) is 6.04. The van der Waals surface area contributed by atoms with Gasteiger partial charge in [-0.25, -0.2) is 4.79 Å². The summed E-state index contributed by atoms with van der Waals surface area (Å²) in [5, 5.41) is 2.27. The third kappa shape index (κ3) is 2.70. The minimum Gasteiger partial charge on any atom is -0.311 e. The molecular formula is C14H18N2O2. The molecule has 1 aromatic rings. The molecule has 1 saturated heterocycles. The van der Waals surface area contributed by atoms with Gasteiger partial charge in [0.05, 0.1) is 0 Å². The Morgan fingerprint density at radius 2 is 1.78 bits per heavy atom. The number of nitrogens with zero attached hydrogens (tertiary/aromatic N) is 1. The number of urea groups is 1. The minimum atomic E-state index is -0.306. The molecule has 1 heterocycles. The van der Waals surface area contributed by atoms with Gasteiger partial charge in [-0.15, -0.1) is 0 Å². The molecule has 4 heteroatoms. The number of carbonyl (C=O) groups is 2. The fourth-order valence-corrected chi connectivity index (χ4v) is 1.94. The Kier molecular flexibility index (Phi) is 3.11. The zero-order chi connectivity index (χ0) is 13.3. The topological polar surface area (TPSA) is 49.4 Å². The molecule has 96 valence electrons. The molecule has 1 aliphatic rings. The van der Waals surface area contributed by atoms with Crippen molar-refractivity contribution >= 4 is 11.9 Å². The van der Waals surface area contributed by atoms with Crippen molar-refractivity contribution in [2.24, 2.45) is 0 Å². The predicted octanol–water partition coefficient (Wildman–Crippen LogP) is 2.04. The standard InChI is InChI=1S/C14H18N2O2/c1-14(2,3)11-6-4-10(5-7-11)8-16-9-12(17)15-13(16)18/h4-7H,8-9H2,1-3H3,(H,15,17,18). The molecule has 0 radical (unpaired) electrons. The van der Waals surface area contributed by atoms with Gasteiger partial charge in [-0.2, -0.15) is 0 Å². The Labute approximate surface area is 107 Å². The molecule has 3 amide bonds. The maximum Gasteiger partial charge on any atom is 0.324 e. The third-order valence-electron chi connectivity index (χ3n) is 3.06. The van der Waals surface area contributed by atoms with E-state index in [-0.39, 0.29) is 23.9 Å². The molecule has 4 nitrogen and oxygen atoms in total. The highest BCUT2D eigenvalue weighted by molar-refractivity contribution is 6.01. The highest BCUT2D eigenvalue weighted by Gasteiger charge is 2.26. The number of imide groups is 1. The monoisotopic (exact) mass is 246 g/mol. The lowest BCUT2D eigenvalue weighted by molar-refractivity contribution is -0.118. The van der Waals surface area contributed by atoms with Crippen molar-refractivity contribution < 1.29 is 9.59 Å². The van der Waals surface area contributed by atoms with Gasteiger partial charge in [-0.05, 0) is 16.5 Å². The van der Waals surface area contributed by atoms with Gasteiger partial charge in [-0.1, -0.05) is 45.0 Å². The van der Waals surface area contributed by atoms with E-state index in [0.717, 1.165) is 5.56 Å². The van der Waals surface area contributed by atoms with Crippen LogP contribution < -0.4 is 5.32 Å². The van der Waals surface area contributed by atoms with Crippen molar-refractivity contribution in [3.8, 4) is 0 Å². The number of benzene rings is 1. The normalized spacial score (nSPS) is 16.1. The molecule has 0 unspecified atom stereocenters. The maximum absolute atomic E-state index is 11.4. The molecule has 1 N–H and O–H groups in total. The van der Waals surface area contributed by atoms with E-state index in [1.807, 2.05) is 12.1 Å². The maximum atomic E-state index is 11.4. The van der Waals surface area contributed by atoms with E-state index in [9.17, 15) is 9.59 Å². The quantitative estimate of drug-likeness (QED) is 0.812. The van der Waals surface area contributed by atoms with Crippen molar-refractivity contribution in [2.75, 3.05) is 6.54 Å². The van der Waals surface area contributed by atoms with E-state index in [2.05, 4.69) is 38.2 Å². The van der Waals surface area contributed by atoms with Crippen molar-refractivity contribution in [1.82, 2.24) is 10.2 Å².